The summed E-state index contributed by atoms with van der Waals surface area (Å²) in [6.45, 7) is 8.32. The van der Waals surface area contributed by atoms with Gasteiger partial charge in [0, 0.05) is 25.3 Å². The smallest absolute Gasteiger partial charge is 0.220 e. The second kappa shape index (κ2) is 32.7. The number of amides is 1. The van der Waals surface area contributed by atoms with Gasteiger partial charge in [0.25, 0.3) is 0 Å². The predicted octanol–water partition coefficient (Wildman–Crippen LogP) is 2.20. The van der Waals surface area contributed by atoms with E-state index in [0.29, 0.717) is 118 Å². The van der Waals surface area contributed by atoms with Crippen LogP contribution in [0.15, 0.2) is 0 Å². The topological polar surface area (TPSA) is 103 Å². The lowest BCUT2D eigenvalue weighted by molar-refractivity contribution is -0.121. The van der Waals surface area contributed by atoms with Crippen LogP contribution in [-0.4, -0.2) is 135 Å². The quantitative estimate of drug-likeness (QED) is 0.0667. The molecule has 0 aliphatic rings. The average Bonchev–Trinajstić information content (AvgIpc) is 2.94. The first-order valence-electron chi connectivity index (χ1n) is 13.8. The van der Waals surface area contributed by atoms with Crippen molar-refractivity contribution in [3.8, 4) is 0 Å². The minimum absolute atomic E-state index is 0.0558. The first-order valence-corrected chi connectivity index (χ1v) is 15.6. The number of nitrogens with one attached hydrogen (secondary N) is 1. The molecule has 0 aliphatic heterocycles. The Morgan fingerprint density at radius 3 is 1.38 bits per heavy atom. The van der Waals surface area contributed by atoms with Gasteiger partial charge in [0.15, 0.2) is 0 Å². The third kappa shape index (κ3) is 29.5. The number of carbonyl (C=O) groups excluding carboxylic acids is 1. The molecule has 0 spiro atoms. The van der Waals surface area contributed by atoms with Crippen molar-refractivity contribution in [2.45, 2.75) is 30.9 Å². The molecule has 0 heterocycles. The van der Waals surface area contributed by atoms with E-state index < -0.39 is 0 Å². The third-order valence-electron chi connectivity index (χ3n) is 5.40. The molecule has 0 saturated heterocycles. The van der Waals surface area contributed by atoms with Crippen LogP contribution in [-0.2, 0) is 42.7 Å². The lowest BCUT2D eigenvalue weighted by Gasteiger charge is -2.19. The highest BCUT2D eigenvalue weighted by molar-refractivity contribution is 7.82. The van der Waals surface area contributed by atoms with Gasteiger partial charge in [-0.1, -0.05) is 6.42 Å². The minimum atomic E-state index is 0.0558. The molecule has 234 valence electrons. The van der Waals surface area contributed by atoms with E-state index in [2.05, 4.69) is 43.2 Å². The largest absolute Gasteiger partial charge is 0.382 e. The zero-order valence-corrected chi connectivity index (χ0v) is 26.4. The third-order valence-corrected chi connectivity index (χ3v) is 7.02. The van der Waals surface area contributed by atoms with Crippen molar-refractivity contribution >= 4 is 43.8 Å². The van der Waals surface area contributed by atoms with Gasteiger partial charge in [0.1, 0.15) is 0 Å². The number of hydrogen-bond donors (Lipinski definition) is 4. The van der Waals surface area contributed by atoms with Crippen LogP contribution in [0.5, 0.6) is 0 Å². The Hall–Kier alpha value is 0.200. The first kappa shape index (κ1) is 39.2. The van der Waals surface area contributed by atoms with Gasteiger partial charge in [-0.05, 0) is 30.3 Å². The zero-order valence-electron chi connectivity index (χ0n) is 23.7. The molecule has 0 aliphatic carbocycles. The van der Waals surface area contributed by atoms with Crippen LogP contribution >= 0.6 is 37.9 Å². The van der Waals surface area contributed by atoms with E-state index in [1.165, 1.54) is 0 Å². The molecule has 0 radical (unpaired) electrons. The van der Waals surface area contributed by atoms with Crippen LogP contribution in [0.2, 0.25) is 0 Å². The van der Waals surface area contributed by atoms with E-state index in [4.69, 9.17) is 37.9 Å². The number of ether oxygens (including phenoxy) is 8. The molecule has 0 bridgehead atoms. The minimum Gasteiger partial charge on any atom is -0.382 e. The number of unbranched alkanes of at least 4 members (excludes halogenated alkanes) is 1. The first-order chi connectivity index (χ1) is 19.2. The molecular formula is C26H53NO9S3. The molecule has 39 heavy (non-hydrogen) atoms. The van der Waals surface area contributed by atoms with Crippen LogP contribution in [0.25, 0.3) is 0 Å². The predicted molar refractivity (Wildman–Crippen MR) is 163 cm³/mol. The van der Waals surface area contributed by atoms with Gasteiger partial charge >= 0.3 is 0 Å². The molecule has 0 rings (SSSR count). The van der Waals surface area contributed by atoms with Gasteiger partial charge in [-0.15, -0.1) is 0 Å². The van der Waals surface area contributed by atoms with E-state index in [9.17, 15) is 4.79 Å². The van der Waals surface area contributed by atoms with E-state index in [-0.39, 0.29) is 11.2 Å². The Morgan fingerprint density at radius 1 is 0.615 bits per heavy atom. The normalized spacial score (nSPS) is 12.3. The number of methoxy groups -OCH3 is 1. The van der Waals surface area contributed by atoms with Crippen molar-refractivity contribution in [2.75, 3.05) is 124 Å². The molecule has 10 nitrogen and oxygen atoms in total. The Kier molecular flexibility index (Phi) is 32.9. The highest BCUT2D eigenvalue weighted by Crippen LogP contribution is 2.20. The summed E-state index contributed by atoms with van der Waals surface area (Å²) in [5, 5.41) is 3.17. The summed E-state index contributed by atoms with van der Waals surface area (Å²) in [5.41, 5.74) is 0. The Bertz CT molecular complexity index is 509. The molecule has 0 saturated carbocycles. The van der Waals surface area contributed by atoms with Gasteiger partial charge in [-0.25, -0.2) is 0 Å². The molecule has 1 atom stereocenters. The molecule has 1 amide bonds. The Balaban J connectivity index is 3.20. The molecular weight excluding hydrogens is 566 g/mol. The maximum atomic E-state index is 11.9. The number of thiol groups is 3. The molecule has 13 heteroatoms. The van der Waals surface area contributed by atoms with E-state index in [1.807, 2.05) is 0 Å². The van der Waals surface area contributed by atoms with Crippen LogP contribution in [0, 0.1) is 5.92 Å². The van der Waals surface area contributed by atoms with Crippen molar-refractivity contribution in [1.29, 1.82) is 0 Å². The van der Waals surface area contributed by atoms with Gasteiger partial charge in [-0.3, -0.25) is 4.79 Å². The summed E-state index contributed by atoms with van der Waals surface area (Å²) >= 11 is 13.3. The maximum absolute atomic E-state index is 11.9. The second-order valence-electron chi connectivity index (χ2n) is 8.57. The van der Waals surface area contributed by atoms with Crippen molar-refractivity contribution < 1.29 is 42.7 Å². The summed E-state index contributed by atoms with van der Waals surface area (Å²) in [5.74, 6) is 2.03. The molecule has 0 aromatic carbocycles. The number of carbonyl (C=O) groups is 1. The number of hydrogen-bond acceptors (Lipinski definition) is 12. The molecule has 0 aromatic rings. The highest BCUT2D eigenvalue weighted by Gasteiger charge is 2.14. The van der Waals surface area contributed by atoms with Crippen LogP contribution in [0.4, 0.5) is 0 Å². The molecule has 1 N–H and O–H groups in total. The SMILES string of the molecule is COCCOCCOCCOCCOCCOCCOCCOCCNC(=O)CCCCC(S)C(CS)CS. The Morgan fingerprint density at radius 2 is 1.00 bits per heavy atom. The Labute approximate surface area is 252 Å². The van der Waals surface area contributed by atoms with Gasteiger partial charge in [0.05, 0.1) is 99.1 Å². The van der Waals surface area contributed by atoms with E-state index in [0.717, 1.165) is 30.8 Å². The van der Waals surface area contributed by atoms with Crippen LogP contribution in [0.3, 0.4) is 0 Å². The summed E-state index contributed by atoms with van der Waals surface area (Å²) in [6, 6.07) is 0. The lowest BCUT2D eigenvalue weighted by atomic mass is 10.0. The van der Waals surface area contributed by atoms with Crippen LogP contribution < -0.4 is 5.32 Å². The fourth-order valence-corrected chi connectivity index (χ4v) is 4.79. The molecule has 1 unspecified atom stereocenters. The summed E-state index contributed by atoms with van der Waals surface area (Å²) < 4.78 is 42.8. The monoisotopic (exact) mass is 619 g/mol. The van der Waals surface area contributed by atoms with Crippen molar-refractivity contribution in [3.63, 3.8) is 0 Å². The second-order valence-corrected chi connectivity index (χ2v) is 9.96. The fraction of sp³-hybridized carbons (Fsp3) is 0.962. The van der Waals surface area contributed by atoms with Crippen molar-refractivity contribution in [3.05, 3.63) is 0 Å². The zero-order chi connectivity index (χ0) is 28.7. The van der Waals surface area contributed by atoms with Crippen LogP contribution in [0.1, 0.15) is 25.7 Å². The maximum Gasteiger partial charge on any atom is 0.220 e. The summed E-state index contributed by atoms with van der Waals surface area (Å²) in [6.07, 6.45) is 3.33. The molecule has 0 aromatic heterocycles. The van der Waals surface area contributed by atoms with Gasteiger partial charge in [0.2, 0.25) is 5.91 Å². The van der Waals surface area contributed by atoms with Gasteiger partial charge in [-0.2, -0.15) is 37.9 Å². The fourth-order valence-electron chi connectivity index (χ4n) is 3.09. The van der Waals surface area contributed by atoms with Crippen molar-refractivity contribution in [1.82, 2.24) is 5.32 Å². The standard InChI is InChI=1S/C26H53NO9S3/c1-29-8-9-31-12-13-33-16-17-35-20-21-36-19-18-34-15-14-32-11-10-30-7-6-27-26(28)5-3-2-4-25(39)24(22-37)23-38/h24-25,37-39H,2-23H2,1H3,(H,27,28). The average molecular weight is 620 g/mol. The number of rotatable bonds is 32. The lowest BCUT2D eigenvalue weighted by Crippen LogP contribution is -2.27. The molecule has 0 fully saturated rings. The summed E-state index contributed by atoms with van der Waals surface area (Å²) in [4.78, 5) is 11.9. The van der Waals surface area contributed by atoms with E-state index >= 15 is 0 Å². The highest BCUT2D eigenvalue weighted by atomic mass is 32.1. The summed E-state index contributed by atoms with van der Waals surface area (Å²) in [7, 11) is 1.64. The van der Waals surface area contributed by atoms with Crippen molar-refractivity contribution in [2.24, 2.45) is 5.92 Å². The van der Waals surface area contributed by atoms with Gasteiger partial charge < -0.3 is 43.2 Å². The van der Waals surface area contributed by atoms with E-state index in [1.54, 1.807) is 7.11 Å².